The molecule has 5 nitrogen and oxygen atoms in total. The van der Waals surface area contributed by atoms with Gasteiger partial charge >= 0.3 is 0 Å². The quantitative estimate of drug-likeness (QED) is 0.776. The SMILES string of the molecule is O=C(NC[C@H]1COCCO1)c1ccc(-c2nc3ccccc3s2)s1. The first-order chi connectivity index (χ1) is 11.8. The summed E-state index contributed by atoms with van der Waals surface area (Å²) in [5, 5.41) is 3.86. The van der Waals surface area contributed by atoms with Crippen LogP contribution in [0.5, 0.6) is 0 Å². The van der Waals surface area contributed by atoms with Crippen LogP contribution in [-0.4, -0.2) is 43.4 Å². The van der Waals surface area contributed by atoms with Crippen LogP contribution < -0.4 is 5.32 Å². The van der Waals surface area contributed by atoms with Crippen LogP contribution in [0.4, 0.5) is 0 Å². The van der Waals surface area contributed by atoms with Crippen LogP contribution in [0.2, 0.25) is 0 Å². The summed E-state index contributed by atoms with van der Waals surface area (Å²) in [6.07, 6.45) is -0.0635. The number of para-hydroxylation sites is 1. The van der Waals surface area contributed by atoms with Gasteiger partial charge < -0.3 is 14.8 Å². The van der Waals surface area contributed by atoms with Gasteiger partial charge in [0.2, 0.25) is 0 Å². The molecule has 0 aliphatic carbocycles. The van der Waals surface area contributed by atoms with E-state index in [2.05, 4.69) is 16.4 Å². The number of hydrogen-bond donors (Lipinski definition) is 1. The molecule has 0 radical (unpaired) electrons. The first-order valence-electron chi connectivity index (χ1n) is 7.73. The van der Waals surface area contributed by atoms with Gasteiger partial charge in [-0.25, -0.2) is 4.98 Å². The van der Waals surface area contributed by atoms with Crippen LogP contribution in [0.3, 0.4) is 0 Å². The first kappa shape index (κ1) is 15.7. The predicted molar refractivity (Wildman–Crippen MR) is 95.8 cm³/mol. The summed E-state index contributed by atoms with van der Waals surface area (Å²) in [5.41, 5.74) is 0.992. The lowest BCUT2D eigenvalue weighted by Gasteiger charge is -2.22. The van der Waals surface area contributed by atoms with Gasteiger partial charge in [0.15, 0.2) is 0 Å². The van der Waals surface area contributed by atoms with Crippen molar-refractivity contribution in [1.29, 1.82) is 0 Å². The topological polar surface area (TPSA) is 60.5 Å². The molecule has 1 saturated heterocycles. The summed E-state index contributed by atoms with van der Waals surface area (Å²) in [5.74, 6) is -0.0819. The minimum atomic E-state index is -0.0819. The van der Waals surface area contributed by atoms with Crippen LogP contribution in [0.25, 0.3) is 20.1 Å². The third-order valence-electron chi connectivity index (χ3n) is 3.71. The van der Waals surface area contributed by atoms with Crippen molar-refractivity contribution in [2.45, 2.75) is 6.10 Å². The Kier molecular flexibility index (Phi) is 4.57. The number of hydrogen-bond acceptors (Lipinski definition) is 6. The fraction of sp³-hybridized carbons (Fsp3) is 0.294. The molecule has 0 spiro atoms. The molecule has 2 aromatic heterocycles. The molecule has 0 unspecified atom stereocenters. The van der Waals surface area contributed by atoms with Gasteiger partial charge in [-0.2, -0.15) is 0 Å². The average molecular weight is 360 g/mol. The second kappa shape index (κ2) is 6.98. The van der Waals surface area contributed by atoms with Gasteiger partial charge in [0.05, 0.1) is 45.9 Å². The van der Waals surface area contributed by atoms with E-state index in [9.17, 15) is 4.79 Å². The monoisotopic (exact) mass is 360 g/mol. The summed E-state index contributed by atoms with van der Waals surface area (Å²) in [6, 6.07) is 11.9. The van der Waals surface area contributed by atoms with E-state index in [1.807, 2.05) is 30.3 Å². The number of rotatable bonds is 4. The molecular weight excluding hydrogens is 344 g/mol. The third kappa shape index (κ3) is 3.34. The Bertz CT molecular complexity index is 819. The van der Waals surface area contributed by atoms with Gasteiger partial charge in [-0.1, -0.05) is 12.1 Å². The van der Waals surface area contributed by atoms with Gasteiger partial charge in [-0.15, -0.1) is 22.7 Å². The maximum atomic E-state index is 12.3. The summed E-state index contributed by atoms with van der Waals surface area (Å²) in [6.45, 7) is 2.21. The van der Waals surface area contributed by atoms with Crippen LogP contribution in [-0.2, 0) is 9.47 Å². The fourth-order valence-corrected chi connectivity index (χ4v) is 4.44. The van der Waals surface area contributed by atoms with Crippen molar-refractivity contribution in [2.24, 2.45) is 0 Å². The van der Waals surface area contributed by atoms with E-state index < -0.39 is 0 Å². The van der Waals surface area contributed by atoms with E-state index in [4.69, 9.17) is 9.47 Å². The first-order valence-corrected chi connectivity index (χ1v) is 9.36. The van der Waals surface area contributed by atoms with E-state index in [-0.39, 0.29) is 12.0 Å². The molecule has 1 aromatic carbocycles. The van der Waals surface area contributed by atoms with Crippen molar-refractivity contribution in [1.82, 2.24) is 10.3 Å². The predicted octanol–water partition coefficient (Wildman–Crippen LogP) is 3.17. The van der Waals surface area contributed by atoms with E-state index >= 15 is 0 Å². The summed E-state index contributed by atoms with van der Waals surface area (Å²) < 4.78 is 12.0. The Hall–Kier alpha value is -1.80. The Morgan fingerprint density at radius 2 is 2.12 bits per heavy atom. The van der Waals surface area contributed by atoms with Crippen molar-refractivity contribution < 1.29 is 14.3 Å². The highest BCUT2D eigenvalue weighted by Gasteiger charge is 2.17. The van der Waals surface area contributed by atoms with Gasteiger partial charge in [-0.05, 0) is 24.3 Å². The highest BCUT2D eigenvalue weighted by atomic mass is 32.1. The normalized spacial score (nSPS) is 17.9. The van der Waals surface area contributed by atoms with E-state index in [0.29, 0.717) is 31.2 Å². The smallest absolute Gasteiger partial charge is 0.261 e. The summed E-state index contributed by atoms with van der Waals surface area (Å²) >= 11 is 3.10. The zero-order chi connectivity index (χ0) is 16.4. The summed E-state index contributed by atoms with van der Waals surface area (Å²) in [4.78, 5) is 18.6. The molecule has 7 heteroatoms. The number of thiazole rings is 1. The Morgan fingerprint density at radius 1 is 1.21 bits per heavy atom. The van der Waals surface area contributed by atoms with E-state index in [0.717, 1.165) is 20.1 Å². The lowest BCUT2D eigenvalue weighted by Crippen LogP contribution is -2.39. The van der Waals surface area contributed by atoms with Crippen molar-refractivity contribution in [3.05, 3.63) is 41.3 Å². The highest BCUT2D eigenvalue weighted by molar-refractivity contribution is 7.26. The molecule has 1 fully saturated rings. The van der Waals surface area contributed by atoms with E-state index in [1.54, 1.807) is 11.3 Å². The molecule has 124 valence electrons. The number of aromatic nitrogens is 1. The number of nitrogens with zero attached hydrogens (tertiary/aromatic N) is 1. The number of benzene rings is 1. The van der Waals surface area contributed by atoms with Crippen LogP contribution in [0.15, 0.2) is 36.4 Å². The Morgan fingerprint density at radius 3 is 2.96 bits per heavy atom. The molecule has 24 heavy (non-hydrogen) atoms. The second-order valence-electron chi connectivity index (χ2n) is 5.43. The minimum absolute atomic E-state index is 0.0635. The molecule has 0 bridgehead atoms. The largest absolute Gasteiger partial charge is 0.376 e. The number of ether oxygens (including phenoxy) is 2. The molecule has 1 amide bonds. The molecule has 4 rings (SSSR count). The molecule has 3 heterocycles. The van der Waals surface area contributed by atoms with Gasteiger partial charge in [0, 0.05) is 6.54 Å². The maximum absolute atomic E-state index is 12.3. The van der Waals surface area contributed by atoms with Crippen molar-refractivity contribution in [3.63, 3.8) is 0 Å². The lowest BCUT2D eigenvalue weighted by molar-refractivity contribution is -0.0855. The van der Waals surface area contributed by atoms with Crippen molar-refractivity contribution in [2.75, 3.05) is 26.4 Å². The molecule has 3 aromatic rings. The number of carbonyl (C=O) groups is 1. The molecule has 1 N–H and O–H groups in total. The van der Waals surface area contributed by atoms with Crippen LogP contribution in [0, 0.1) is 0 Å². The number of fused-ring (bicyclic) bond motifs is 1. The third-order valence-corrected chi connectivity index (χ3v) is 6.00. The Labute approximate surface area is 147 Å². The zero-order valence-corrected chi connectivity index (χ0v) is 14.5. The fourth-order valence-electron chi connectivity index (χ4n) is 2.50. The summed E-state index contributed by atoms with van der Waals surface area (Å²) in [7, 11) is 0. The zero-order valence-electron chi connectivity index (χ0n) is 12.9. The van der Waals surface area contributed by atoms with Crippen molar-refractivity contribution in [3.8, 4) is 9.88 Å². The number of thiophene rings is 1. The van der Waals surface area contributed by atoms with Crippen LogP contribution in [0.1, 0.15) is 9.67 Å². The standard InChI is InChI=1S/C17H16N2O3S2/c20-16(18-9-11-10-21-7-8-22-11)14-5-6-15(23-14)17-19-12-3-1-2-4-13(12)24-17/h1-6,11H,7-10H2,(H,18,20)/t11-/m0/s1. The lowest BCUT2D eigenvalue weighted by atomic mass is 10.3. The number of amides is 1. The Balaban J connectivity index is 1.44. The number of nitrogens with one attached hydrogen (secondary N) is 1. The van der Waals surface area contributed by atoms with Gasteiger partial charge in [0.25, 0.3) is 5.91 Å². The highest BCUT2D eigenvalue weighted by Crippen LogP contribution is 2.34. The van der Waals surface area contributed by atoms with Gasteiger partial charge in [-0.3, -0.25) is 4.79 Å². The molecule has 1 aliphatic heterocycles. The molecular formula is C17H16N2O3S2. The maximum Gasteiger partial charge on any atom is 0.261 e. The number of carbonyl (C=O) groups excluding carboxylic acids is 1. The minimum Gasteiger partial charge on any atom is -0.376 e. The van der Waals surface area contributed by atoms with Crippen LogP contribution >= 0.6 is 22.7 Å². The average Bonchev–Trinajstić information content (AvgIpc) is 3.27. The molecule has 1 aliphatic rings. The van der Waals surface area contributed by atoms with Gasteiger partial charge in [0.1, 0.15) is 5.01 Å². The van der Waals surface area contributed by atoms with E-state index in [1.165, 1.54) is 11.3 Å². The molecule has 0 saturated carbocycles. The van der Waals surface area contributed by atoms with Crippen molar-refractivity contribution >= 4 is 38.8 Å². The molecule has 1 atom stereocenters. The second-order valence-corrected chi connectivity index (χ2v) is 7.54.